The number of unbranched alkanes of at least 4 members (excludes halogenated alkanes) is 18. The topological polar surface area (TPSA) is 64.6 Å². The Morgan fingerprint density at radius 2 is 0.784 bits per heavy atom. The fraction of sp³-hybridized carbons (Fsp3) is 0.750. The Balaban J connectivity index is 1.68. The summed E-state index contributed by atoms with van der Waals surface area (Å²) in [4.78, 5) is 24.3. The molecule has 1 aromatic rings. The van der Waals surface area contributed by atoms with Gasteiger partial charge in [0.05, 0.1) is 24.3 Å². The molecule has 0 unspecified atom stereocenters. The zero-order valence-corrected chi connectivity index (χ0v) is 23.8. The maximum absolute atomic E-state index is 12.1. The van der Waals surface area contributed by atoms with Crippen LogP contribution in [0, 0.1) is 0 Å². The largest absolute Gasteiger partial charge is 0.490 e. The molecule has 0 saturated heterocycles. The molecular formula is C32H53NO4. The van der Waals surface area contributed by atoms with E-state index in [9.17, 15) is 9.59 Å². The van der Waals surface area contributed by atoms with Crippen molar-refractivity contribution in [3.63, 3.8) is 0 Å². The summed E-state index contributed by atoms with van der Waals surface area (Å²) in [6.45, 7) is 5.71. The number of imide groups is 1. The Morgan fingerprint density at radius 1 is 0.486 bits per heavy atom. The van der Waals surface area contributed by atoms with E-state index in [1.807, 2.05) is 0 Å². The fourth-order valence-electron chi connectivity index (χ4n) is 4.94. The van der Waals surface area contributed by atoms with Crippen molar-refractivity contribution in [3.8, 4) is 11.5 Å². The molecule has 1 heterocycles. The lowest BCUT2D eigenvalue weighted by Gasteiger charge is -2.14. The first kappa shape index (κ1) is 31.2. The average molecular weight is 516 g/mol. The lowest BCUT2D eigenvalue weighted by atomic mass is 10.1. The quantitative estimate of drug-likeness (QED) is 0.110. The predicted molar refractivity (Wildman–Crippen MR) is 153 cm³/mol. The van der Waals surface area contributed by atoms with Gasteiger partial charge < -0.3 is 9.47 Å². The molecule has 0 atom stereocenters. The summed E-state index contributed by atoms with van der Waals surface area (Å²) in [6.07, 6.45) is 25.5. The SMILES string of the molecule is CCCCCCCCCCCCOc1cc2c(cc1OCCCCCCCCCCCC)C(=O)NC2=O. The van der Waals surface area contributed by atoms with Gasteiger partial charge in [0.15, 0.2) is 11.5 Å². The molecular weight excluding hydrogens is 462 g/mol. The highest BCUT2D eigenvalue weighted by molar-refractivity contribution is 6.21. The van der Waals surface area contributed by atoms with E-state index in [0.717, 1.165) is 25.7 Å². The van der Waals surface area contributed by atoms with Crippen LogP contribution in [0.1, 0.15) is 163 Å². The Hall–Kier alpha value is -2.04. The van der Waals surface area contributed by atoms with Gasteiger partial charge in [-0.1, -0.05) is 129 Å². The third-order valence-electron chi connectivity index (χ3n) is 7.31. The minimum absolute atomic E-state index is 0.356. The smallest absolute Gasteiger partial charge is 0.259 e. The molecule has 210 valence electrons. The maximum atomic E-state index is 12.1. The number of ether oxygens (including phenoxy) is 2. The third-order valence-corrected chi connectivity index (χ3v) is 7.31. The number of nitrogens with one attached hydrogen (secondary N) is 1. The molecule has 1 aliphatic heterocycles. The molecule has 0 aromatic heterocycles. The lowest BCUT2D eigenvalue weighted by molar-refractivity contribution is 0.0879. The van der Waals surface area contributed by atoms with Gasteiger partial charge in [-0.15, -0.1) is 0 Å². The summed E-state index contributed by atoms with van der Waals surface area (Å²) >= 11 is 0. The van der Waals surface area contributed by atoms with E-state index in [4.69, 9.17) is 9.47 Å². The molecule has 0 radical (unpaired) electrons. The highest BCUT2D eigenvalue weighted by Crippen LogP contribution is 2.33. The van der Waals surface area contributed by atoms with Crippen molar-refractivity contribution in [2.75, 3.05) is 13.2 Å². The number of carbonyl (C=O) groups is 2. The number of rotatable bonds is 24. The molecule has 5 nitrogen and oxygen atoms in total. The van der Waals surface area contributed by atoms with Gasteiger partial charge in [0.2, 0.25) is 0 Å². The van der Waals surface area contributed by atoms with Gasteiger partial charge >= 0.3 is 0 Å². The van der Waals surface area contributed by atoms with Crippen molar-refractivity contribution >= 4 is 11.8 Å². The Labute approximate surface area is 226 Å². The van der Waals surface area contributed by atoms with Crippen molar-refractivity contribution < 1.29 is 19.1 Å². The van der Waals surface area contributed by atoms with Crippen molar-refractivity contribution in [1.29, 1.82) is 0 Å². The summed E-state index contributed by atoms with van der Waals surface area (Å²) in [5.74, 6) is 0.438. The molecule has 1 N–H and O–H groups in total. The fourth-order valence-corrected chi connectivity index (χ4v) is 4.94. The minimum atomic E-state index is -0.356. The molecule has 2 amide bonds. The van der Waals surface area contributed by atoms with Crippen LogP contribution in [-0.2, 0) is 0 Å². The molecule has 0 fully saturated rings. The van der Waals surface area contributed by atoms with Crippen LogP contribution in [-0.4, -0.2) is 25.0 Å². The van der Waals surface area contributed by atoms with Gasteiger partial charge in [0.1, 0.15) is 0 Å². The van der Waals surface area contributed by atoms with Crippen molar-refractivity contribution in [2.45, 2.75) is 142 Å². The molecule has 2 rings (SSSR count). The molecule has 1 aliphatic rings. The van der Waals surface area contributed by atoms with Crippen LogP contribution in [0.4, 0.5) is 0 Å². The second-order valence-electron chi connectivity index (χ2n) is 10.7. The monoisotopic (exact) mass is 515 g/mol. The van der Waals surface area contributed by atoms with Gasteiger partial charge in [-0.25, -0.2) is 0 Å². The predicted octanol–water partition coefficient (Wildman–Crippen LogP) is 9.17. The maximum Gasteiger partial charge on any atom is 0.259 e. The number of fused-ring (bicyclic) bond motifs is 1. The summed E-state index contributed by atoms with van der Waals surface area (Å²) in [7, 11) is 0. The third kappa shape index (κ3) is 12.8. The van der Waals surface area contributed by atoms with E-state index in [2.05, 4.69) is 19.2 Å². The minimum Gasteiger partial charge on any atom is -0.490 e. The zero-order valence-electron chi connectivity index (χ0n) is 23.8. The van der Waals surface area contributed by atoms with Crippen molar-refractivity contribution in [2.24, 2.45) is 0 Å². The van der Waals surface area contributed by atoms with E-state index in [1.165, 1.54) is 103 Å². The number of carbonyl (C=O) groups excluding carboxylic acids is 2. The first-order valence-electron chi connectivity index (χ1n) is 15.5. The number of hydrogen-bond acceptors (Lipinski definition) is 4. The Morgan fingerprint density at radius 3 is 1.11 bits per heavy atom. The summed E-state index contributed by atoms with van der Waals surface area (Å²) in [6, 6.07) is 3.36. The van der Waals surface area contributed by atoms with Crippen molar-refractivity contribution in [1.82, 2.24) is 5.32 Å². The number of benzene rings is 1. The van der Waals surface area contributed by atoms with E-state index in [1.54, 1.807) is 12.1 Å². The standard InChI is InChI=1S/C32H53NO4/c1-3-5-7-9-11-13-15-17-19-21-23-36-29-25-27-28(32(35)33-31(27)34)26-30(29)37-24-22-20-18-16-14-12-10-8-6-4-2/h25-26H,3-24H2,1-2H3,(H,33,34,35). The highest BCUT2D eigenvalue weighted by Gasteiger charge is 2.29. The number of hydrogen-bond donors (Lipinski definition) is 1. The normalized spacial score (nSPS) is 12.6. The van der Waals surface area contributed by atoms with E-state index in [-0.39, 0.29) is 11.8 Å². The second-order valence-corrected chi connectivity index (χ2v) is 10.7. The average Bonchev–Trinajstić information content (AvgIpc) is 3.17. The summed E-state index contributed by atoms with van der Waals surface area (Å²) in [5, 5.41) is 2.37. The second kappa shape index (κ2) is 20.0. The molecule has 0 spiro atoms. The molecule has 0 aliphatic carbocycles. The number of amides is 2. The Kier molecular flexibility index (Phi) is 16.8. The van der Waals surface area contributed by atoms with E-state index in [0.29, 0.717) is 35.8 Å². The molecule has 5 heteroatoms. The van der Waals surface area contributed by atoms with Crippen LogP contribution in [0.15, 0.2) is 12.1 Å². The van der Waals surface area contributed by atoms with Gasteiger partial charge in [0, 0.05) is 0 Å². The van der Waals surface area contributed by atoms with Gasteiger partial charge in [-0.2, -0.15) is 0 Å². The van der Waals surface area contributed by atoms with Crippen LogP contribution in [0.2, 0.25) is 0 Å². The van der Waals surface area contributed by atoms with Crippen LogP contribution in [0.25, 0.3) is 0 Å². The van der Waals surface area contributed by atoms with Gasteiger partial charge in [-0.05, 0) is 25.0 Å². The molecule has 37 heavy (non-hydrogen) atoms. The molecule has 1 aromatic carbocycles. The van der Waals surface area contributed by atoms with Crippen LogP contribution in [0.3, 0.4) is 0 Å². The first-order valence-corrected chi connectivity index (χ1v) is 15.5. The lowest BCUT2D eigenvalue weighted by Crippen LogP contribution is -2.19. The Bertz CT molecular complexity index is 713. The van der Waals surface area contributed by atoms with Gasteiger partial charge in [0.25, 0.3) is 11.8 Å². The summed E-state index contributed by atoms with van der Waals surface area (Å²) in [5.41, 5.74) is 0.767. The van der Waals surface area contributed by atoms with E-state index >= 15 is 0 Å². The highest BCUT2D eigenvalue weighted by atomic mass is 16.5. The van der Waals surface area contributed by atoms with Crippen LogP contribution >= 0.6 is 0 Å². The molecule has 0 saturated carbocycles. The van der Waals surface area contributed by atoms with Crippen molar-refractivity contribution in [3.05, 3.63) is 23.3 Å². The first-order chi connectivity index (χ1) is 18.2. The zero-order chi connectivity index (χ0) is 26.6. The van der Waals surface area contributed by atoms with Crippen LogP contribution < -0.4 is 14.8 Å². The van der Waals surface area contributed by atoms with E-state index < -0.39 is 0 Å². The van der Waals surface area contributed by atoms with Crippen LogP contribution in [0.5, 0.6) is 11.5 Å². The van der Waals surface area contributed by atoms with Gasteiger partial charge in [-0.3, -0.25) is 14.9 Å². The summed E-state index contributed by atoms with van der Waals surface area (Å²) < 4.78 is 12.1. The molecule has 0 bridgehead atoms.